The first-order valence-electron chi connectivity index (χ1n) is 13.6. The molecule has 4 aromatic heterocycles. The van der Waals surface area contributed by atoms with Gasteiger partial charge in [0.25, 0.3) is 0 Å². The molecule has 0 radical (unpaired) electrons. The molecule has 1 aliphatic heterocycles. The van der Waals surface area contributed by atoms with E-state index in [1.165, 1.54) is 11.9 Å². The van der Waals surface area contributed by atoms with E-state index < -0.39 is 0 Å². The third-order valence-corrected chi connectivity index (χ3v) is 7.78. The van der Waals surface area contributed by atoms with Crippen LogP contribution in [-0.2, 0) is 16.1 Å². The van der Waals surface area contributed by atoms with Crippen molar-refractivity contribution in [3.63, 3.8) is 0 Å². The summed E-state index contributed by atoms with van der Waals surface area (Å²) in [5.74, 6) is 0.945. The highest BCUT2D eigenvalue weighted by Gasteiger charge is 2.46. The van der Waals surface area contributed by atoms with Crippen LogP contribution >= 0.6 is 0 Å². The Morgan fingerprint density at radius 2 is 2.00 bits per heavy atom. The minimum absolute atomic E-state index is 0.00362. The third-order valence-electron chi connectivity index (χ3n) is 7.78. The molecule has 0 bridgehead atoms. The molecule has 7 rings (SSSR count). The average molecular weight is 553 g/mol. The lowest BCUT2D eigenvalue weighted by Crippen LogP contribution is -2.30. The molecule has 13 heteroatoms. The van der Waals surface area contributed by atoms with E-state index >= 15 is 0 Å². The summed E-state index contributed by atoms with van der Waals surface area (Å²) >= 11 is 0. The molecule has 5 heterocycles. The lowest BCUT2D eigenvalue weighted by Gasteiger charge is -2.17. The number of carbonyl (C=O) groups is 3. The van der Waals surface area contributed by atoms with Gasteiger partial charge in [-0.05, 0) is 49.8 Å². The highest BCUT2D eigenvalue weighted by atomic mass is 16.2. The Balaban J connectivity index is 1.05. The van der Waals surface area contributed by atoms with Gasteiger partial charge in [-0.3, -0.25) is 19.4 Å². The van der Waals surface area contributed by atoms with Crippen molar-refractivity contribution in [3.8, 4) is 0 Å². The summed E-state index contributed by atoms with van der Waals surface area (Å²) in [6, 6.07) is 5.19. The Morgan fingerprint density at radius 1 is 1.15 bits per heavy atom. The van der Waals surface area contributed by atoms with Crippen LogP contribution in [0.3, 0.4) is 0 Å². The van der Waals surface area contributed by atoms with E-state index in [0.717, 1.165) is 34.7 Å². The predicted molar refractivity (Wildman–Crippen MR) is 148 cm³/mol. The number of hydrogen-bond acceptors (Lipinski definition) is 9. The summed E-state index contributed by atoms with van der Waals surface area (Å²) in [7, 11) is 1.49. The summed E-state index contributed by atoms with van der Waals surface area (Å²) in [6.45, 7) is 2.28. The van der Waals surface area contributed by atoms with Gasteiger partial charge in [0.1, 0.15) is 12.4 Å². The molecule has 3 aliphatic rings. The zero-order valence-corrected chi connectivity index (χ0v) is 22.6. The molecule has 2 saturated carbocycles. The Hall–Kier alpha value is -4.94. The van der Waals surface area contributed by atoms with E-state index in [-0.39, 0.29) is 36.2 Å². The lowest BCUT2D eigenvalue weighted by atomic mass is 10.1. The third kappa shape index (κ3) is 4.83. The summed E-state index contributed by atoms with van der Waals surface area (Å²) in [6.07, 6.45) is 10.2. The van der Waals surface area contributed by atoms with Gasteiger partial charge >= 0.3 is 6.03 Å². The van der Waals surface area contributed by atoms with E-state index in [0.29, 0.717) is 47.5 Å². The number of aryl methyl sites for hydroxylation is 1. The monoisotopic (exact) mass is 552 g/mol. The number of urea groups is 1. The van der Waals surface area contributed by atoms with Crippen molar-refractivity contribution < 1.29 is 14.4 Å². The first-order chi connectivity index (χ1) is 19.8. The number of nitrogens with zero attached hydrogens (tertiary/aromatic N) is 8. The molecule has 2 N–H and O–H groups in total. The van der Waals surface area contributed by atoms with Crippen molar-refractivity contribution in [2.75, 3.05) is 29.1 Å². The van der Waals surface area contributed by atoms with Crippen molar-refractivity contribution in [1.82, 2.24) is 34.4 Å². The van der Waals surface area contributed by atoms with Gasteiger partial charge in [-0.2, -0.15) is 5.10 Å². The summed E-state index contributed by atoms with van der Waals surface area (Å²) < 4.78 is 1.93. The maximum Gasteiger partial charge on any atom is 0.331 e. The number of anilines is 3. The van der Waals surface area contributed by atoms with Gasteiger partial charge in [0.2, 0.25) is 11.8 Å². The van der Waals surface area contributed by atoms with Gasteiger partial charge in [0, 0.05) is 49.2 Å². The smallest absolute Gasteiger partial charge is 0.331 e. The Morgan fingerprint density at radius 3 is 2.76 bits per heavy atom. The average Bonchev–Trinajstić information content (AvgIpc) is 3.89. The molecule has 13 nitrogen and oxygen atoms in total. The number of amides is 4. The molecule has 0 spiro atoms. The second kappa shape index (κ2) is 9.61. The van der Waals surface area contributed by atoms with Crippen LogP contribution in [0.4, 0.5) is 22.0 Å². The molecule has 2 atom stereocenters. The van der Waals surface area contributed by atoms with Crippen LogP contribution in [0.1, 0.15) is 53.9 Å². The Labute approximate surface area is 235 Å². The fourth-order valence-corrected chi connectivity index (χ4v) is 5.21. The molecule has 4 aromatic rings. The number of imide groups is 1. The second-order valence-corrected chi connectivity index (χ2v) is 10.9. The van der Waals surface area contributed by atoms with Crippen molar-refractivity contribution in [3.05, 3.63) is 65.8 Å². The first kappa shape index (κ1) is 25.1. The van der Waals surface area contributed by atoms with Crippen LogP contribution in [0.5, 0.6) is 0 Å². The number of pyridine rings is 1. The molecule has 208 valence electrons. The summed E-state index contributed by atoms with van der Waals surface area (Å²) in [5, 5.41) is 14.2. The number of imidazole rings is 1. The quantitative estimate of drug-likeness (QED) is 0.315. The van der Waals surface area contributed by atoms with Crippen LogP contribution in [0.15, 0.2) is 43.0 Å². The van der Waals surface area contributed by atoms with Crippen LogP contribution in [0, 0.1) is 12.8 Å². The van der Waals surface area contributed by atoms with Gasteiger partial charge in [-0.1, -0.05) is 0 Å². The normalized spacial score (nSPS) is 20.1. The van der Waals surface area contributed by atoms with Crippen molar-refractivity contribution >= 4 is 40.7 Å². The topological polar surface area (TPSA) is 151 Å². The molecule has 4 amide bonds. The van der Waals surface area contributed by atoms with E-state index in [4.69, 9.17) is 4.98 Å². The highest BCUT2D eigenvalue weighted by molar-refractivity contribution is 6.13. The molecule has 2 aliphatic carbocycles. The van der Waals surface area contributed by atoms with Gasteiger partial charge in [0.15, 0.2) is 11.5 Å². The molecular weight excluding hydrogens is 524 g/mol. The van der Waals surface area contributed by atoms with E-state index in [1.54, 1.807) is 18.5 Å². The summed E-state index contributed by atoms with van der Waals surface area (Å²) in [5.41, 5.74) is 4.66. The molecule has 0 aromatic carbocycles. The fourth-order valence-electron chi connectivity index (χ4n) is 5.21. The molecule has 0 unspecified atom stereocenters. The Kier molecular flexibility index (Phi) is 5.87. The van der Waals surface area contributed by atoms with Gasteiger partial charge in [-0.15, -0.1) is 5.10 Å². The number of rotatable bonds is 8. The van der Waals surface area contributed by atoms with Crippen LogP contribution in [0.2, 0.25) is 0 Å². The lowest BCUT2D eigenvalue weighted by molar-refractivity contribution is -0.124. The van der Waals surface area contributed by atoms with E-state index in [9.17, 15) is 14.4 Å². The standard InChI is InChI=1S/C28H28N10O3/c1-15-5-6-29-25(32-15)20-9-21(20)27(40)34-23-8-18(11-31-35-23)30-10-19-13-37-12-17(16-3-4-16)7-22(26(37)33-19)38-14-24(39)36(2)28(38)41/h5-8,11-13,16,20-21H,3-4,9-10,14H2,1-2H3,(H2,30,34,35,40)/t20-,21-/m0/s1. The van der Waals surface area contributed by atoms with Crippen LogP contribution in [-0.4, -0.2) is 65.9 Å². The highest BCUT2D eigenvalue weighted by Crippen LogP contribution is 2.46. The van der Waals surface area contributed by atoms with Crippen LogP contribution < -0.4 is 15.5 Å². The minimum atomic E-state index is -0.353. The largest absolute Gasteiger partial charge is 0.378 e. The number of hydrogen-bond donors (Lipinski definition) is 2. The number of fused-ring (bicyclic) bond motifs is 1. The number of likely N-dealkylation sites (N-methyl/N-ethyl adjacent to an activating group) is 1. The number of aromatic nitrogens is 6. The fraction of sp³-hybridized carbons (Fsp3) is 0.357. The molecule has 3 fully saturated rings. The van der Waals surface area contributed by atoms with Crippen LogP contribution in [0.25, 0.3) is 5.65 Å². The minimum Gasteiger partial charge on any atom is -0.378 e. The zero-order chi connectivity index (χ0) is 28.2. The molecular formula is C28H28N10O3. The van der Waals surface area contributed by atoms with Gasteiger partial charge in [0.05, 0.1) is 29.8 Å². The summed E-state index contributed by atoms with van der Waals surface area (Å²) in [4.78, 5) is 53.9. The van der Waals surface area contributed by atoms with Gasteiger partial charge in [-0.25, -0.2) is 19.7 Å². The van der Waals surface area contributed by atoms with Gasteiger partial charge < -0.3 is 15.0 Å². The number of nitrogens with one attached hydrogen (secondary N) is 2. The maximum atomic E-state index is 12.8. The first-order valence-corrected chi connectivity index (χ1v) is 13.6. The number of carbonyl (C=O) groups excluding carboxylic acids is 3. The SMILES string of the molecule is Cc1ccnc([C@H]2C[C@@H]2C(=O)Nc2cc(NCc3cn4cc(C5CC5)cc(N5CC(=O)N(C)C5=O)c4n3)cnn2)n1. The molecule has 1 saturated heterocycles. The van der Waals surface area contributed by atoms with Crippen molar-refractivity contribution in [1.29, 1.82) is 0 Å². The van der Waals surface area contributed by atoms with E-state index in [2.05, 4.69) is 30.8 Å². The van der Waals surface area contributed by atoms with E-state index in [1.807, 2.05) is 35.9 Å². The maximum absolute atomic E-state index is 12.8. The second-order valence-electron chi connectivity index (χ2n) is 10.9. The predicted octanol–water partition coefficient (Wildman–Crippen LogP) is 2.85. The Bertz CT molecular complexity index is 1710. The van der Waals surface area contributed by atoms with Crippen molar-refractivity contribution in [2.24, 2.45) is 5.92 Å². The molecule has 41 heavy (non-hydrogen) atoms. The zero-order valence-electron chi connectivity index (χ0n) is 22.6. The van der Waals surface area contributed by atoms with Crippen molar-refractivity contribution in [2.45, 2.75) is 44.6 Å².